The molecule has 0 spiro atoms. The maximum Gasteiger partial charge on any atom is 0.0468 e. The molecular weight excluding hydrogens is 369 g/mol. The van der Waals surface area contributed by atoms with Gasteiger partial charge in [0.2, 0.25) is 0 Å². The van der Waals surface area contributed by atoms with Crippen molar-refractivity contribution < 1.29 is 0 Å². The molecule has 0 aromatic heterocycles. The van der Waals surface area contributed by atoms with Crippen LogP contribution in [0.25, 0.3) is 0 Å². The summed E-state index contributed by atoms with van der Waals surface area (Å²) in [4.78, 5) is 0. The molecule has 0 heterocycles. The molecule has 0 bridgehead atoms. The Morgan fingerprint density at radius 2 is 1.76 bits per heavy atom. The highest BCUT2D eigenvalue weighted by atomic mass is 79.9. The topological polar surface area (TPSA) is 12.0 Å². The van der Waals surface area contributed by atoms with Crippen LogP contribution in [0.2, 0.25) is 10.0 Å². The summed E-state index contributed by atoms with van der Waals surface area (Å²) in [5.74, 6) is 0. The van der Waals surface area contributed by atoms with Gasteiger partial charge in [-0.2, -0.15) is 0 Å². The van der Waals surface area contributed by atoms with Gasteiger partial charge in [0, 0.05) is 26.6 Å². The minimum absolute atomic E-state index is 0.202. The van der Waals surface area contributed by atoms with Gasteiger partial charge in [0.1, 0.15) is 0 Å². The Hall–Kier alpha value is -0.540. The van der Waals surface area contributed by atoms with E-state index in [4.69, 9.17) is 23.2 Å². The van der Waals surface area contributed by atoms with Crippen LogP contribution < -0.4 is 5.32 Å². The summed E-state index contributed by atoms with van der Waals surface area (Å²) in [5.41, 5.74) is 2.34. The molecule has 0 aliphatic heterocycles. The zero-order chi connectivity index (χ0) is 15.4. The highest BCUT2D eigenvalue weighted by molar-refractivity contribution is 9.10. The average molecular weight is 387 g/mol. The van der Waals surface area contributed by atoms with Crippen LogP contribution in [0.15, 0.2) is 46.9 Å². The van der Waals surface area contributed by atoms with Gasteiger partial charge < -0.3 is 5.32 Å². The van der Waals surface area contributed by atoms with Gasteiger partial charge in [0.05, 0.1) is 0 Å². The van der Waals surface area contributed by atoms with Crippen molar-refractivity contribution in [1.29, 1.82) is 0 Å². The van der Waals surface area contributed by atoms with Crippen molar-refractivity contribution >= 4 is 39.1 Å². The Morgan fingerprint density at radius 3 is 2.33 bits per heavy atom. The maximum absolute atomic E-state index is 6.32. The molecule has 2 atom stereocenters. The second kappa shape index (κ2) is 7.64. The fraction of sp³-hybridized carbons (Fsp3) is 0.294. The SMILES string of the molecule is CCC(N[C@H](C)c1ccc(Br)cc1)c1ccc(Cl)cc1Cl. The summed E-state index contributed by atoms with van der Waals surface area (Å²) in [6.07, 6.45) is 0.961. The van der Waals surface area contributed by atoms with Crippen molar-refractivity contribution in [1.82, 2.24) is 5.32 Å². The lowest BCUT2D eigenvalue weighted by atomic mass is 10.0. The molecule has 0 amide bonds. The molecule has 0 aliphatic carbocycles. The first-order chi connectivity index (χ1) is 10.0. The van der Waals surface area contributed by atoms with Gasteiger partial charge in [-0.3, -0.25) is 0 Å². The molecule has 0 aliphatic rings. The van der Waals surface area contributed by atoms with E-state index in [1.165, 1.54) is 5.56 Å². The standard InChI is InChI=1S/C17H18BrCl2N/c1-3-17(15-9-8-14(19)10-16(15)20)21-11(2)12-4-6-13(18)7-5-12/h4-11,17,21H,3H2,1-2H3/t11-,17?/m1/s1. The molecule has 2 rings (SSSR count). The fourth-order valence-electron chi connectivity index (χ4n) is 2.36. The molecular formula is C17H18BrCl2N. The van der Waals surface area contributed by atoms with Gasteiger partial charge >= 0.3 is 0 Å². The molecule has 1 unspecified atom stereocenters. The summed E-state index contributed by atoms with van der Waals surface area (Å²) < 4.78 is 1.09. The molecule has 0 radical (unpaired) electrons. The van der Waals surface area contributed by atoms with Crippen LogP contribution in [0.5, 0.6) is 0 Å². The lowest BCUT2D eigenvalue weighted by molar-refractivity contribution is 0.456. The largest absolute Gasteiger partial charge is 0.303 e. The maximum atomic E-state index is 6.32. The van der Waals surface area contributed by atoms with Crippen LogP contribution >= 0.6 is 39.1 Å². The van der Waals surface area contributed by atoms with E-state index >= 15 is 0 Å². The van der Waals surface area contributed by atoms with Gasteiger partial charge in [-0.05, 0) is 48.7 Å². The van der Waals surface area contributed by atoms with Crippen LogP contribution in [-0.4, -0.2) is 0 Å². The van der Waals surface area contributed by atoms with Gasteiger partial charge in [-0.15, -0.1) is 0 Å². The highest BCUT2D eigenvalue weighted by Gasteiger charge is 2.16. The molecule has 2 aromatic rings. The molecule has 0 fully saturated rings. The van der Waals surface area contributed by atoms with Crippen LogP contribution in [-0.2, 0) is 0 Å². The van der Waals surface area contributed by atoms with Gasteiger partial charge in [-0.1, -0.05) is 64.3 Å². The van der Waals surface area contributed by atoms with Crippen LogP contribution in [0, 0.1) is 0 Å². The lowest BCUT2D eigenvalue weighted by Gasteiger charge is -2.24. The third-order valence-corrected chi connectivity index (χ3v) is 4.66. The molecule has 1 N–H and O–H groups in total. The smallest absolute Gasteiger partial charge is 0.0468 e. The Morgan fingerprint density at radius 1 is 1.10 bits per heavy atom. The second-order valence-electron chi connectivity index (χ2n) is 5.07. The molecule has 1 nitrogen and oxygen atoms in total. The zero-order valence-corrected chi connectivity index (χ0v) is 15.1. The predicted octanol–water partition coefficient (Wildman–Crippen LogP) is 6.56. The van der Waals surface area contributed by atoms with Gasteiger partial charge in [0.15, 0.2) is 0 Å². The minimum atomic E-state index is 0.202. The van der Waals surface area contributed by atoms with E-state index in [0.29, 0.717) is 10.0 Å². The number of benzene rings is 2. The lowest BCUT2D eigenvalue weighted by Crippen LogP contribution is -2.24. The van der Waals surface area contributed by atoms with E-state index in [9.17, 15) is 0 Å². The number of halogens is 3. The molecule has 2 aromatic carbocycles. The van der Waals surface area contributed by atoms with Crippen molar-refractivity contribution in [3.8, 4) is 0 Å². The Balaban J connectivity index is 2.16. The summed E-state index contributed by atoms with van der Waals surface area (Å²) in [5, 5.41) is 5.02. The second-order valence-corrected chi connectivity index (χ2v) is 6.83. The molecule has 4 heteroatoms. The van der Waals surface area contributed by atoms with Crippen molar-refractivity contribution in [3.05, 3.63) is 68.1 Å². The normalized spacial score (nSPS) is 14.0. The predicted molar refractivity (Wildman–Crippen MR) is 95.2 cm³/mol. The zero-order valence-electron chi connectivity index (χ0n) is 12.0. The van der Waals surface area contributed by atoms with Crippen LogP contribution in [0.1, 0.15) is 43.5 Å². The van der Waals surface area contributed by atoms with E-state index < -0.39 is 0 Å². The van der Waals surface area contributed by atoms with Crippen molar-refractivity contribution in [3.63, 3.8) is 0 Å². The first-order valence-corrected chi connectivity index (χ1v) is 8.52. The molecule has 0 saturated carbocycles. The molecule has 0 saturated heterocycles. The summed E-state index contributed by atoms with van der Waals surface area (Å²) in [6.45, 7) is 4.31. The van der Waals surface area contributed by atoms with E-state index in [1.54, 1.807) is 6.07 Å². The number of nitrogens with one attached hydrogen (secondary N) is 1. The highest BCUT2D eigenvalue weighted by Crippen LogP contribution is 2.30. The quantitative estimate of drug-likeness (QED) is 0.613. The number of hydrogen-bond acceptors (Lipinski definition) is 1. The van der Waals surface area contributed by atoms with Crippen LogP contribution in [0.4, 0.5) is 0 Å². The Labute approximate surface area is 144 Å². The van der Waals surface area contributed by atoms with Gasteiger partial charge in [0.25, 0.3) is 0 Å². The summed E-state index contributed by atoms with van der Waals surface area (Å²) in [7, 11) is 0. The number of rotatable bonds is 5. The van der Waals surface area contributed by atoms with Crippen molar-refractivity contribution in [2.24, 2.45) is 0 Å². The average Bonchev–Trinajstić information content (AvgIpc) is 2.46. The van der Waals surface area contributed by atoms with Crippen LogP contribution in [0.3, 0.4) is 0 Å². The minimum Gasteiger partial charge on any atom is -0.303 e. The third kappa shape index (κ3) is 4.46. The van der Waals surface area contributed by atoms with Gasteiger partial charge in [-0.25, -0.2) is 0 Å². The summed E-state index contributed by atoms with van der Waals surface area (Å²) in [6, 6.07) is 14.5. The van der Waals surface area contributed by atoms with E-state index in [0.717, 1.165) is 16.5 Å². The summed E-state index contributed by atoms with van der Waals surface area (Å²) >= 11 is 15.8. The molecule has 112 valence electrons. The monoisotopic (exact) mass is 385 g/mol. The first kappa shape index (κ1) is 16.8. The fourth-order valence-corrected chi connectivity index (χ4v) is 3.17. The third-order valence-electron chi connectivity index (χ3n) is 3.57. The Kier molecular flexibility index (Phi) is 6.12. The Bertz CT molecular complexity index is 598. The van der Waals surface area contributed by atoms with E-state index in [1.807, 2.05) is 12.1 Å². The first-order valence-electron chi connectivity index (χ1n) is 6.97. The van der Waals surface area contributed by atoms with Crippen molar-refractivity contribution in [2.45, 2.75) is 32.4 Å². The van der Waals surface area contributed by atoms with E-state index in [2.05, 4.69) is 59.4 Å². The van der Waals surface area contributed by atoms with E-state index in [-0.39, 0.29) is 12.1 Å². The molecule has 21 heavy (non-hydrogen) atoms. The number of hydrogen-bond donors (Lipinski definition) is 1. The van der Waals surface area contributed by atoms with Crippen molar-refractivity contribution in [2.75, 3.05) is 0 Å².